The number of carbonyl (C=O) groups is 1. The van der Waals surface area contributed by atoms with Crippen molar-refractivity contribution in [1.82, 2.24) is 24.2 Å². The lowest BCUT2D eigenvalue weighted by molar-refractivity contribution is -0.132. The van der Waals surface area contributed by atoms with E-state index in [1.165, 1.54) is 18.2 Å². The lowest BCUT2D eigenvalue weighted by Crippen LogP contribution is -2.37. The summed E-state index contributed by atoms with van der Waals surface area (Å²) in [6, 6.07) is 7.08. The van der Waals surface area contributed by atoms with Gasteiger partial charge in [-0.1, -0.05) is 23.4 Å². The van der Waals surface area contributed by atoms with Gasteiger partial charge in [-0.15, -0.1) is 0 Å². The number of aromatic nitrogens is 4. The third-order valence-corrected chi connectivity index (χ3v) is 6.91. The number of benzene rings is 1. The van der Waals surface area contributed by atoms with Crippen molar-refractivity contribution < 1.29 is 4.79 Å². The number of likely N-dealkylation sites (tertiary alicyclic amines) is 1. The molecule has 0 spiro atoms. The largest absolute Gasteiger partial charge is 0.343 e. The Kier molecular flexibility index (Phi) is 4.83. The molecule has 1 saturated heterocycles. The molecule has 0 saturated carbocycles. The maximum absolute atomic E-state index is 13.2. The first kappa shape index (κ1) is 18.7. The zero-order valence-electron chi connectivity index (χ0n) is 15.8. The Morgan fingerprint density at radius 1 is 1.17 bits per heavy atom. The Balaban J connectivity index is 1.48. The third-order valence-electron chi connectivity index (χ3n) is 5.56. The zero-order chi connectivity index (χ0) is 20.0. The highest BCUT2D eigenvalue weighted by Crippen LogP contribution is 2.34. The van der Waals surface area contributed by atoms with Crippen molar-refractivity contribution in [1.29, 1.82) is 0 Å². The average molecular weight is 430 g/mol. The monoisotopic (exact) mass is 429 g/mol. The van der Waals surface area contributed by atoms with E-state index in [0.717, 1.165) is 31.6 Å². The molecule has 5 rings (SSSR count). The summed E-state index contributed by atoms with van der Waals surface area (Å²) in [5.74, 6) is 0.815. The fourth-order valence-corrected chi connectivity index (χ4v) is 5.28. The van der Waals surface area contributed by atoms with Gasteiger partial charge in [0, 0.05) is 30.3 Å². The van der Waals surface area contributed by atoms with E-state index in [2.05, 4.69) is 5.10 Å². The van der Waals surface area contributed by atoms with Gasteiger partial charge in [0.25, 0.3) is 5.56 Å². The van der Waals surface area contributed by atoms with Gasteiger partial charge in [0.2, 0.25) is 5.91 Å². The van der Waals surface area contributed by atoms with E-state index in [4.69, 9.17) is 16.6 Å². The molecule has 3 aromatic rings. The van der Waals surface area contributed by atoms with Crippen molar-refractivity contribution in [3.8, 4) is 5.69 Å². The first-order chi connectivity index (χ1) is 14.1. The van der Waals surface area contributed by atoms with Crippen LogP contribution >= 0.6 is 23.4 Å². The van der Waals surface area contributed by atoms with E-state index < -0.39 is 0 Å². The van der Waals surface area contributed by atoms with Crippen LogP contribution in [-0.4, -0.2) is 49.0 Å². The number of hydrogen-bond donors (Lipinski definition) is 0. The average Bonchev–Trinajstić information content (AvgIpc) is 3.34. The van der Waals surface area contributed by atoms with E-state index in [1.807, 2.05) is 17.0 Å². The van der Waals surface area contributed by atoms with Crippen molar-refractivity contribution in [3.63, 3.8) is 0 Å². The van der Waals surface area contributed by atoms with Crippen LogP contribution in [0.3, 0.4) is 0 Å². The van der Waals surface area contributed by atoms with Crippen molar-refractivity contribution in [2.24, 2.45) is 0 Å². The van der Waals surface area contributed by atoms with Gasteiger partial charge in [-0.05, 0) is 43.5 Å². The normalized spacial score (nSPS) is 18.9. The van der Waals surface area contributed by atoms with Crippen molar-refractivity contribution in [2.75, 3.05) is 18.8 Å². The molecule has 29 heavy (non-hydrogen) atoms. The number of halogens is 1. The van der Waals surface area contributed by atoms with Gasteiger partial charge in [-0.2, -0.15) is 5.10 Å². The Morgan fingerprint density at radius 2 is 1.93 bits per heavy atom. The summed E-state index contributed by atoms with van der Waals surface area (Å²) in [5, 5.41) is 6.11. The van der Waals surface area contributed by atoms with Gasteiger partial charge in [-0.25, -0.2) is 9.67 Å². The summed E-state index contributed by atoms with van der Waals surface area (Å²) >= 11 is 7.50. The summed E-state index contributed by atoms with van der Waals surface area (Å²) in [7, 11) is 0. The van der Waals surface area contributed by atoms with Crippen LogP contribution in [-0.2, 0) is 4.79 Å². The fraction of sp³-hybridized carbons (Fsp3) is 0.400. The molecule has 150 valence electrons. The van der Waals surface area contributed by atoms with Crippen LogP contribution in [0.25, 0.3) is 16.7 Å². The molecule has 0 radical (unpaired) electrons. The zero-order valence-corrected chi connectivity index (χ0v) is 17.3. The van der Waals surface area contributed by atoms with Crippen LogP contribution in [0.1, 0.15) is 31.7 Å². The van der Waals surface area contributed by atoms with Gasteiger partial charge in [0.1, 0.15) is 5.39 Å². The molecule has 4 heterocycles. The molecule has 9 heteroatoms. The van der Waals surface area contributed by atoms with Gasteiger partial charge in [-0.3, -0.25) is 14.2 Å². The number of thioether (sulfide) groups is 1. The van der Waals surface area contributed by atoms with Crippen molar-refractivity contribution in [3.05, 3.63) is 45.8 Å². The number of carbonyl (C=O) groups excluding carboxylic acids is 1. The van der Waals surface area contributed by atoms with Gasteiger partial charge >= 0.3 is 0 Å². The number of hydrogen-bond acceptors (Lipinski definition) is 5. The number of nitrogens with zero attached hydrogens (tertiary/aromatic N) is 5. The Labute approximate surface area is 176 Å². The molecule has 2 aliphatic heterocycles. The molecular weight excluding hydrogens is 410 g/mol. The molecule has 0 bridgehead atoms. The minimum Gasteiger partial charge on any atom is -0.343 e. The number of rotatable bonds is 3. The lowest BCUT2D eigenvalue weighted by atomic mass is 10.1. The predicted octanol–water partition coefficient (Wildman–Crippen LogP) is 3.29. The predicted molar refractivity (Wildman–Crippen MR) is 113 cm³/mol. The number of amides is 1. The minimum absolute atomic E-state index is 0.131. The standard InChI is InChI=1S/C20H20ClN5O2S/c21-13-4-6-14(7-5-13)26-18-16(11-22-26)19(28)25-15(12-29-20(25)23-18)10-17(27)24-8-2-1-3-9-24/h4-7,11,15H,1-3,8-10,12H2. The molecule has 1 amide bonds. The smallest absolute Gasteiger partial charge is 0.265 e. The first-order valence-corrected chi connectivity index (χ1v) is 11.1. The highest BCUT2D eigenvalue weighted by Gasteiger charge is 2.31. The number of fused-ring (bicyclic) bond motifs is 2. The summed E-state index contributed by atoms with van der Waals surface area (Å²) in [6.45, 7) is 1.65. The second-order valence-corrected chi connectivity index (χ2v) is 8.87. The fourth-order valence-electron chi connectivity index (χ4n) is 4.03. The van der Waals surface area contributed by atoms with Crippen LogP contribution < -0.4 is 5.56 Å². The van der Waals surface area contributed by atoms with Gasteiger partial charge in [0.05, 0.1) is 17.9 Å². The van der Waals surface area contributed by atoms with E-state index in [9.17, 15) is 9.59 Å². The van der Waals surface area contributed by atoms with Crippen LogP contribution in [0.2, 0.25) is 5.02 Å². The molecule has 2 aromatic heterocycles. The van der Waals surface area contributed by atoms with Crippen LogP contribution in [0.15, 0.2) is 40.4 Å². The number of piperidine rings is 1. The molecule has 0 aliphatic carbocycles. The molecule has 1 atom stereocenters. The van der Waals surface area contributed by atoms with Gasteiger partial charge < -0.3 is 4.90 Å². The second kappa shape index (κ2) is 7.50. The maximum atomic E-state index is 13.2. The minimum atomic E-state index is -0.160. The van der Waals surface area contributed by atoms with E-state index in [1.54, 1.807) is 27.6 Å². The maximum Gasteiger partial charge on any atom is 0.265 e. The Hall–Kier alpha value is -2.32. The Bertz CT molecular complexity index is 1130. The first-order valence-electron chi connectivity index (χ1n) is 9.78. The summed E-state index contributed by atoms with van der Waals surface area (Å²) in [6.07, 6.45) is 5.21. The molecule has 1 fully saturated rings. The van der Waals surface area contributed by atoms with Crippen LogP contribution in [0, 0.1) is 0 Å². The van der Waals surface area contributed by atoms with Crippen LogP contribution in [0.5, 0.6) is 0 Å². The Morgan fingerprint density at radius 3 is 2.69 bits per heavy atom. The molecule has 1 aromatic carbocycles. The highest BCUT2D eigenvalue weighted by molar-refractivity contribution is 7.99. The summed E-state index contributed by atoms with van der Waals surface area (Å²) < 4.78 is 3.34. The van der Waals surface area contributed by atoms with E-state index >= 15 is 0 Å². The summed E-state index contributed by atoms with van der Waals surface area (Å²) in [5.41, 5.74) is 1.19. The van der Waals surface area contributed by atoms with Crippen LogP contribution in [0.4, 0.5) is 0 Å². The van der Waals surface area contributed by atoms with E-state index in [0.29, 0.717) is 33.4 Å². The molecular formula is C20H20ClN5O2S. The van der Waals surface area contributed by atoms with Crippen molar-refractivity contribution >= 4 is 40.3 Å². The van der Waals surface area contributed by atoms with Gasteiger partial charge in [0.15, 0.2) is 10.8 Å². The molecule has 2 aliphatic rings. The third kappa shape index (κ3) is 3.34. The quantitative estimate of drug-likeness (QED) is 0.597. The topological polar surface area (TPSA) is 73.0 Å². The lowest BCUT2D eigenvalue weighted by Gasteiger charge is -2.28. The molecule has 7 nitrogen and oxygen atoms in total. The van der Waals surface area contributed by atoms with E-state index in [-0.39, 0.29) is 17.5 Å². The molecule has 0 N–H and O–H groups in total. The SMILES string of the molecule is O=C(CC1CSc2nc3c(cnn3-c3ccc(Cl)cc3)c(=O)n21)N1CCCCC1. The highest BCUT2D eigenvalue weighted by atomic mass is 35.5. The second-order valence-electron chi connectivity index (χ2n) is 7.45. The van der Waals surface area contributed by atoms with Crippen molar-refractivity contribution in [2.45, 2.75) is 36.9 Å². The summed E-state index contributed by atoms with van der Waals surface area (Å²) in [4.78, 5) is 32.6. The molecule has 1 unspecified atom stereocenters.